The fourth-order valence-corrected chi connectivity index (χ4v) is 1.09. The van der Waals surface area contributed by atoms with E-state index >= 15 is 0 Å². The van der Waals surface area contributed by atoms with Crippen molar-refractivity contribution in [3.05, 3.63) is 17.3 Å². The summed E-state index contributed by atoms with van der Waals surface area (Å²) in [6.45, 7) is 0.103. The van der Waals surface area contributed by atoms with Crippen molar-refractivity contribution in [3.8, 4) is 5.75 Å². The molecule has 1 aromatic rings. The minimum Gasteiger partial charge on any atom is -0.496 e. The molecule has 1 aromatic heterocycles. The van der Waals surface area contributed by atoms with E-state index in [1.807, 2.05) is 0 Å². The number of aromatic nitrogens is 1. The van der Waals surface area contributed by atoms with Gasteiger partial charge in [-0.3, -0.25) is 0 Å². The van der Waals surface area contributed by atoms with Gasteiger partial charge < -0.3 is 16.2 Å². The third-order valence-electron chi connectivity index (χ3n) is 1.78. The van der Waals surface area contributed by atoms with Crippen LogP contribution >= 0.6 is 0 Å². The summed E-state index contributed by atoms with van der Waals surface area (Å²) in [5.41, 5.74) is 10.8. The Bertz CT molecular complexity index is 331. The molecule has 0 aliphatic rings. The Kier molecular flexibility index (Phi) is 3.19. The number of anilines is 1. The lowest BCUT2D eigenvalue weighted by atomic mass is 10.2. The molecule has 0 radical (unpaired) electrons. The smallest absolute Gasteiger partial charge is 0.280 e. The number of nitrogens with two attached hydrogens (primary N) is 2. The molecule has 14 heavy (non-hydrogen) atoms. The van der Waals surface area contributed by atoms with Crippen LogP contribution in [0.2, 0.25) is 0 Å². The normalized spacial score (nSPS) is 10.6. The van der Waals surface area contributed by atoms with E-state index in [1.54, 1.807) is 0 Å². The number of halogens is 2. The Morgan fingerprint density at radius 2 is 2.21 bits per heavy atom. The zero-order chi connectivity index (χ0) is 10.7. The fourth-order valence-electron chi connectivity index (χ4n) is 1.09. The van der Waals surface area contributed by atoms with Crippen molar-refractivity contribution < 1.29 is 13.5 Å². The van der Waals surface area contributed by atoms with Gasteiger partial charge in [0, 0.05) is 18.2 Å². The lowest BCUT2D eigenvalue weighted by molar-refractivity contribution is 0.145. The molecule has 1 rings (SSSR count). The summed E-state index contributed by atoms with van der Waals surface area (Å²) in [5.74, 6) is 0.234. The summed E-state index contributed by atoms with van der Waals surface area (Å²) in [4.78, 5) is 3.52. The van der Waals surface area contributed by atoms with Crippen molar-refractivity contribution in [2.24, 2.45) is 5.73 Å². The van der Waals surface area contributed by atoms with Gasteiger partial charge in [0.15, 0.2) is 0 Å². The summed E-state index contributed by atoms with van der Waals surface area (Å²) in [6.07, 6.45) is -2.67. The standard InChI is InChI=1S/C8H11F2N3O/c1-14-6-2-5(7(9)10)13-8(12)4(6)3-11/h2,7H,3,11H2,1H3,(H2,12,13). The van der Waals surface area contributed by atoms with E-state index in [2.05, 4.69) is 4.98 Å². The number of nitrogen functional groups attached to an aromatic ring is 1. The molecular formula is C8H11F2N3O. The van der Waals surface area contributed by atoms with Crippen LogP contribution in [0.5, 0.6) is 5.75 Å². The van der Waals surface area contributed by atoms with Crippen LogP contribution in [0.3, 0.4) is 0 Å². The van der Waals surface area contributed by atoms with Crippen molar-refractivity contribution >= 4 is 5.82 Å². The third kappa shape index (κ3) is 1.90. The second kappa shape index (κ2) is 4.19. The summed E-state index contributed by atoms with van der Waals surface area (Å²) < 4.78 is 29.5. The van der Waals surface area contributed by atoms with Crippen molar-refractivity contribution in [3.63, 3.8) is 0 Å². The molecule has 4 nitrogen and oxygen atoms in total. The average Bonchev–Trinajstić information content (AvgIpc) is 2.16. The lowest BCUT2D eigenvalue weighted by Gasteiger charge is -2.10. The molecule has 6 heteroatoms. The number of rotatable bonds is 3. The van der Waals surface area contributed by atoms with E-state index in [1.165, 1.54) is 7.11 Å². The number of methoxy groups -OCH3 is 1. The van der Waals surface area contributed by atoms with Crippen LogP contribution in [0.25, 0.3) is 0 Å². The number of alkyl halides is 2. The van der Waals surface area contributed by atoms with Crippen molar-refractivity contribution in [1.29, 1.82) is 0 Å². The molecule has 0 atom stereocenters. The molecular weight excluding hydrogens is 192 g/mol. The Hall–Kier alpha value is -1.43. The summed E-state index contributed by atoms with van der Waals surface area (Å²) >= 11 is 0. The van der Waals surface area contributed by atoms with Crippen LogP contribution in [0, 0.1) is 0 Å². The van der Waals surface area contributed by atoms with Gasteiger partial charge in [-0.2, -0.15) is 0 Å². The highest BCUT2D eigenvalue weighted by atomic mass is 19.3. The predicted octanol–water partition coefficient (Wildman–Crippen LogP) is 1.07. The molecule has 0 amide bonds. The predicted molar refractivity (Wildman–Crippen MR) is 48.0 cm³/mol. The van der Waals surface area contributed by atoms with E-state index in [-0.39, 0.29) is 18.1 Å². The molecule has 0 unspecified atom stereocenters. The number of hydrogen-bond acceptors (Lipinski definition) is 4. The van der Waals surface area contributed by atoms with E-state index in [0.717, 1.165) is 6.07 Å². The molecule has 0 spiro atoms. The topological polar surface area (TPSA) is 74.2 Å². The molecule has 0 bridgehead atoms. The maximum Gasteiger partial charge on any atom is 0.280 e. The van der Waals surface area contributed by atoms with Crippen molar-refractivity contribution in [1.82, 2.24) is 4.98 Å². The van der Waals surface area contributed by atoms with E-state index in [0.29, 0.717) is 5.56 Å². The average molecular weight is 203 g/mol. The van der Waals surface area contributed by atoms with Crippen molar-refractivity contribution in [2.75, 3.05) is 12.8 Å². The number of nitrogens with zero attached hydrogens (tertiary/aromatic N) is 1. The largest absolute Gasteiger partial charge is 0.496 e. The molecule has 4 N–H and O–H groups in total. The molecule has 78 valence electrons. The Morgan fingerprint density at radius 3 is 2.64 bits per heavy atom. The monoisotopic (exact) mass is 203 g/mol. The van der Waals surface area contributed by atoms with E-state index < -0.39 is 12.1 Å². The second-order valence-corrected chi connectivity index (χ2v) is 2.62. The van der Waals surface area contributed by atoms with Crippen LogP contribution in [-0.4, -0.2) is 12.1 Å². The molecule has 0 aromatic carbocycles. The highest BCUT2D eigenvalue weighted by Gasteiger charge is 2.15. The quantitative estimate of drug-likeness (QED) is 0.770. The molecule has 0 aliphatic carbocycles. The van der Waals surface area contributed by atoms with Crippen LogP contribution < -0.4 is 16.2 Å². The first kappa shape index (κ1) is 10.6. The molecule has 0 aliphatic heterocycles. The Morgan fingerprint density at radius 1 is 1.57 bits per heavy atom. The highest BCUT2D eigenvalue weighted by molar-refractivity contribution is 5.50. The fraction of sp³-hybridized carbons (Fsp3) is 0.375. The summed E-state index contributed by atoms with van der Waals surface area (Å²) in [6, 6.07) is 1.14. The summed E-state index contributed by atoms with van der Waals surface area (Å²) in [7, 11) is 1.36. The van der Waals surface area contributed by atoms with Crippen LogP contribution in [0.15, 0.2) is 6.07 Å². The first-order chi connectivity index (χ1) is 6.60. The SMILES string of the molecule is COc1cc(C(F)F)nc(N)c1CN. The lowest BCUT2D eigenvalue weighted by Crippen LogP contribution is -2.08. The summed E-state index contributed by atoms with van der Waals surface area (Å²) in [5, 5.41) is 0. The van der Waals surface area contributed by atoms with E-state index in [9.17, 15) is 8.78 Å². The van der Waals surface area contributed by atoms with E-state index in [4.69, 9.17) is 16.2 Å². The van der Waals surface area contributed by atoms with Gasteiger partial charge in [0.05, 0.1) is 7.11 Å². The number of pyridine rings is 1. The van der Waals surface area contributed by atoms with Gasteiger partial charge in [0.2, 0.25) is 0 Å². The Balaban J connectivity index is 3.24. The maximum atomic E-state index is 12.3. The van der Waals surface area contributed by atoms with Crippen LogP contribution in [-0.2, 0) is 6.54 Å². The minimum atomic E-state index is -2.67. The molecule has 1 heterocycles. The zero-order valence-electron chi connectivity index (χ0n) is 7.63. The van der Waals surface area contributed by atoms with Gasteiger partial charge in [-0.1, -0.05) is 0 Å². The third-order valence-corrected chi connectivity index (χ3v) is 1.78. The van der Waals surface area contributed by atoms with Gasteiger partial charge in [-0.15, -0.1) is 0 Å². The van der Waals surface area contributed by atoms with Gasteiger partial charge in [0.25, 0.3) is 6.43 Å². The maximum absolute atomic E-state index is 12.3. The molecule has 0 saturated carbocycles. The minimum absolute atomic E-state index is 0.0119. The van der Waals surface area contributed by atoms with Gasteiger partial charge in [-0.05, 0) is 0 Å². The van der Waals surface area contributed by atoms with Gasteiger partial charge in [0.1, 0.15) is 17.3 Å². The molecule has 0 saturated heterocycles. The van der Waals surface area contributed by atoms with Gasteiger partial charge >= 0.3 is 0 Å². The first-order valence-corrected chi connectivity index (χ1v) is 3.91. The number of hydrogen-bond donors (Lipinski definition) is 2. The van der Waals surface area contributed by atoms with Crippen molar-refractivity contribution in [2.45, 2.75) is 13.0 Å². The molecule has 0 fully saturated rings. The van der Waals surface area contributed by atoms with Crippen LogP contribution in [0.1, 0.15) is 17.7 Å². The number of ether oxygens (including phenoxy) is 1. The van der Waals surface area contributed by atoms with Gasteiger partial charge in [-0.25, -0.2) is 13.8 Å². The van der Waals surface area contributed by atoms with Crippen LogP contribution in [0.4, 0.5) is 14.6 Å². The first-order valence-electron chi connectivity index (χ1n) is 3.91. The zero-order valence-corrected chi connectivity index (χ0v) is 7.63. The highest BCUT2D eigenvalue weighted by Crippen LogP contribution is 2.27. The second-order valence-electron chi connectivity index (χ2n) is 2.62. The Labute approximate surface area is 79.9 Å².